The zero-order valence-electron chi connectivity index (χ0n) is 11.3. The molecule has 0 aliphatic heterocycles. The van der Waals surface area contributed by atoms with Crippen molar-refractivity contribution < 1.29 is 4.21 Å². The first-order valence-electron chi connectivity index (χ1n) is 6.38. The summed E-state index contributed by atoms with van der Waals surface area (Å²) in [5, 5.41) is 4.27. The van der Waals surface area contributed by atoms with Crippen LogP contribution in [-0.4, -0.2) is 22.0 Å². The minimum atomic E-state index is -0.830. The van der Waals surface area contributed by atoms with E-state index in [0.717, 1.165) is 23.6 Å². The van der Waals surface area contributed by atoms with Gasteiger partial charge in [0.2, 0.25) is 0 Å². The van der Waals surface area contributed by atoms with E-state index in [1.54, 1.807) is 0 Å². The molecule has 0 saturated carbocycles. The smallest absolute Gasteiger partial charge is 0.0488 e. The van der Waals surface area contributed by atoms with Crippen LogP contribution in [0.1, 0.15) is 32.8 Å². The minimum absolute atomic E-state index is 0.203. The van der Waals surface area contributed by atoms with Crippen LogP contribution in [0, 0.1) is 0 Å². The highest BCUT2D eigenvalue weighted by molar-refractivity contribution is 7.84. The molecule has 3 atom stereocenters. The number of nitrogens with one attached hydrogen (secondary N) is 1. The number of halogens is 1. The first kappa shape index (κ1) is 15.7. The van der Waals surface area contributed by atoms with Gasteiger partial charge in [0.05, 0.1) is 0 Å². The van der Waals surface area contributed by atoms with Crippen LogP contribution in [0.3, 0.4) is 0 Å². The van der Waals surface area contributed by atoms with Crippen LogP contribution in [0.5, 0.6) is 0 Å². The Morgan fingerprint density at radius 2 is 1.89 bits per heavy atom. The second-order valence-electron chi connectivity index (χ2n) is 4.66. The molecule has 0 bridgehead atoms. The summed E-state index contributed by atoms with van der Waals surface area (Å²) in [5.41, 5.74) is 1.08. The fourth-order valence-corrected chi connectivity index (χ4v) is 3.36. The summed E-state index contributed by atoms with van der Waals surface area (Å²) in [6, 6.07) is 8.00. The summed E-state index contributed by atoms with van der Waals surface area (Å²) in [5.74, 6) is 0.608. The molecule has 0 aliphatic rings. The highest BCUT2D eigenvalue weighted by Crippen LogP contribution is 2.14. The third-order valence-corrected chi connectivity index (χ3v) is 4.87. The molecule has 4 heteroatoms. The monoisotopic (exact) mass is 287 g/mol. The van der Waals surface area contributed by atoms with Crippen LogP contribution < -0.4 is 5.32 Å². The van der Waals surface area contributed by atoms with Crippen LogP contribution in [0.2, 0.25) is 5.02 Å². The molecule has 0 heterocycles. The molecule has 2 nitrogen and oxygen atoms in total. The molecule has 102 valence electrons. The standard InChI is InChI=1S/C14H22ClNOS/c1-4-16-11(2)9-12(3)18(17)10-13-5-7-14(15)8-6-13/h5-8,11-12,16H,4,9-10H2,1-3H3. The molecule has 3 unspecified atom stereocenters. The number of rotatable bonds is 7. The Hall–Kier alpha value is -0.380. The van der Waals surface area contributed by atoms with Crippen molar-refractivity contribution in [2.45, 2.75) is 44.2 Å². The van der Waals surface area contributed by atoms with E-state index >= 15 is 0 Å². The van der Waals surface area contributed by atoms with Gasteiger partial charge in [0.15, 0.2) is 0 Å². The van der Waals surface area contributed by atoms with Crippen LogP contribution in [0.25, 0.3) is 0 Å². The quantitative estimate of drug-likeness (QED) is 0.833. The van der Waals surface area contributed by atoms with Gasteiger partial charge < -0.3 is 5.32 Å². The van der Waals surface area contributed by atoms with Gasteiger partial charge in [-0.05, 0) is 37.6 Å². The second-order valence-corrected chi connectivity index (χ2v) is 6.95. The normalized spacial score (nSPS) is 16.2. The van der Waals surface area contributed by atoms with Crippen LogP contribution in [0.4, 0.5) is 0 Å². The molecule has 18 heavy (non-hydrogen) atoms. The van der Waals surface area contributed by atoms with Crippen molar-refractivity contribution >= 4 is 22.4 Å². The molecule has 1 aromatic rings. The maximum Gasteiger partial charge on any atom is 0.0488 e. The topological polar surface area (TPSA) is 29.1 Å². The highest BCUT2D eigenvalue weighted by Gasteiger charge is 2.14. The van der Waals surface area contributed by atoms with E-state index in [2.05, 4.69) is 26.1 Å². The van der Waals surface area contributed by atoms with Gasteiger partial charge in [0, 0.05) is 32.9 Å². The first-order valence-corrected chi connectivity index (χ1v) is 8.14. The fourth-order valence-electron chi connectivity index (χ4n) is 1.92. The highest BCUT2D eigenvalue weighted by atomic mass is 35.5. The molecular formula is C14H22ClNOS. The lowest BCUT2D eigenvalue weighted by Gasteiger charge is -2.17. The second kappa shape index (κ2) is 7.93. The van der Waals surface area contributed by atoms with Gasteiger partial charge in [0.1, 0.15) is 0 Å². The van der Waals surface area contributed by atoms with Crippen molar-refractivity contribution in [3.8, 4) is 0 Å². The summed E-state index contributed by atoms with van der Waals surface area (Å²) < 4.78 is 12.2. The van der Waals surface area contributed by atoms with Gasteiger partial charge in [-0.15, -0.1) is 0 Å². The SMILES string of the molecule is CCNC(C)CC(C)S(=O)Cc1ccc(Cl)cc1. The van der Waals surface area contributed by atoms with E-state index < -0.39 is 10.8 Å². The molecule has 1 aromatic carbocycles. The number of hydrogen-bond acceptors (Lipinski definition) is 2. The lowest BCUT2D eigenvalue weighted by atomic mass is 10.2. The molecule has 0 aliphatic carbocycles. The molecule has 0 fully saturated rings. The first-order chi connectivity index (χ1) is 8.52. The predicted octanol–water partition coefficient (Wildman–Crippen LogP) is 3.37. The molecule has 0 saturated heterocycles. The Bertz CT molecular complexity index is 380. The molecule has 0 radical (unpaired) electrons. The fraction of sp³-hybridized carbons (Fsp3) is 0.571. The Kier molecular flexibility index (Phi) is 6.90. The Labute approximate surface area is 118 Å². The third-order valence-electron chi connectivity index (χ3n) is 2.91. The summed E-state index contributed by atoms with van der Waals surface area (Å²) in [6.45, 7) is 7.24. The Morgan fingerprint density at radius 1 is 1.28 bits per heavy atom. The van der Waals surface area contributed by atoms with E-state index in [-0.39, 0.29) is 5.25 Å². The van der Waals surface area contributed by atoms with E-state index in [9.17, 15) is 4.21 Å². The lowest BCUT2D eigenvalue weighted by Crippen LogP contribution is -2.30. The maximum atomic E-state index is 12.2. The van der Waals surface area contributed by atoms with Gasteiger partial charge in [0.25, 0.3) is 0 Å². The lowest BCUT2D eigenvalue weighted by molar-refractivity contribution is 0.524. The molecule has 0 amide bonds. The maximum absolute atomic E-state index is 12.2. The third kappa shape index (κ3) is 5.51. The van der Waals surface area contributed by atoms with Gasteiger partial charge in [-0.3, -0.25) is 4.21 Å². The number of hydrogen-bond donors (Lipinski definition) is 1. The molecule has 0 aromatic heterocycles. The van der Waals surface area contributed by atoms with E-state index in [1.165, 1.54) is 0 Å². The van der Waals surface area contributed by atoms with Crippen molar-refractivity contribution in [3.63, 3.8) is 0 Å². The number of benzene rings is 1. The van der Waals surface area contributed by atoms with E-state index in [4.69, 9.17) is 11.6 Å². The van der Waals surface area contributed by atoms with Crippen molar-refractivity contribution in [1.82, 2.24) is 5.32 Å². The largest absolute Gasteiger partial charge is 0.314 e. The average molecular weight is 288 g/mol. The molecule has 0 spiro atoms. The van der Waals surface area contributed by atoms with Crippen LogP contribution >= 0.6 is 11.6 Å². The van der Waals surface area contributed by atoms with Gasteiger partial charge in [-0.25, -0.2) is 0 Å². The van der Waals surface area contributed by atoms with Crippen molar-refractivity contribution in [3.05, 3.63) is 34.9 Å². The zero-order chi connectivity index (χ0) is 13.5. The van der Waals surface area contributed by atoms with Gasteiger partial charge >= 0.3 is 0 Å². The van der Waals surface area contributed by atoms with E-state index in [0.29, 0.717) is 11.8 Å². The van der Waals surface area contributed by atoms with Crippen molar-refractivity contribution in [2.75, 3.05) is 6.54 Å². The van der Waals surface area contributed by atoms with Gasteiger partial charge in [-0.2, -0.15) is 0 Å². The summed E-state index contributed by atoms with van der Waals surface area (Å²) in [7, 11) is -0.830. The molecule has 1 rings (SSSR count). The minimum Gasteiger partial charge on any atom is -0.314 e. The van der Waals surface area contributed by atoms with Crippen LogP contribution in [0.15, 0.2) is 24.3 Å². The Morgan fingerprint density at radius 3 is 2.44 bits per heavy atom. The van der Waals surface area contributed by atoms with Crippen molar-refractivity contribution in [1.29, 1.82) is 0 Å². The summed E-state index contributed by atoms with van der Waals surface area (Å²) in [6.07, 6.45) is 0.939. The average Bonchev–Trinajstić information content (AvgIpc) is 2.32. The summed E-state index contributed by atoms with van der Waals surface area (Å²) in [4.78, 5) is 0. The van der Waals surface area contributed by atoms with Crippen LogP contribution in [-0.2, 0) is 16.6 Å². The van der Waals surface area contributed by atoms with E-state index in [1.807, 2.05) is 24.3 Å². The Balaban J connectivity index is 2.46. The van der Waals surface area contributed by atoms with Gasteiger partial charge in [-0.1, -0.05) is 37.6 Å². The zero-order valence-corrected chi connectivity index (χ0v) is 12.9. The van der Waals surface area contributed by atoms with Crippen molar-refractivity contribution in [2.24, 2.45) is 0 Å². The predicted molar refractivity (Wildman–Crippen MR) is 80.5 cm³/mol. The summed E-state index contributed by atoms with van der Waals surface area (Å²) >= 11 is 5.83. The molecular weight excluding hydrogens is 266 g/mol. The molecule has 1 N–H and O–H groups in total.